The van der Waals surface area contributed by atoms with E-state index in [1.165, 1.54) is 32.5 Å². The van der Waals surface area contributed by atoms with Gasteiger partial charge < -0.3 is 9.80 Å². The third-order valence-corrected chi connectivity index (χ3v) is 3.20. The largest absolute Gasteiger partial charge is 0.360 e. The lowest BCUT2D eigenvalue weighted by atomic mass is 9.98. The van der Waals surface area contributed by atoms with Crippen LogP contribution in [0, 0.1) is 5.92 Å². The van der Waals surface area contributed by atoms with Gasteiger partial charge in [0.2, 0.25) is 0 Å². The van der Waals surface area contributed by atoms with Gasteiger partial charge in [0.05, 0.1) is 12.4 Å². The molecule has 0 N–H and O–H groups in total. The lowest BCUT2D eigenvalue weighted by Gasteiger charge is -2.32. The Labute approximate surface area is 86.8 Å². The van der Waals surface area contributed by atoms with Crippen LogP contribution in [0.5, 0.6) is 0 Å². The van der Waals surface area contributed by atoms with Crippen LogP contribution in [0.25, 0.3) is 0 Å². The van der Waals surface area contributed by atoms with E-state index < -0.39 is 0 Å². The van der Waals surface area contributed by atoms with E-state index in [9.17, 15) is 0 Å². The molecular weight excluding hydrogens is 174 g/mol. The van der Waals surface area contributed by atoms with Crippen molar-refractivity contribution in [3.63, 3.8) is 0 Å². The van der Waals surface area contributed by atoms with Gasteiger partial charge in [0, 0.05) is 19.6 Å². The zero-order valence-electron chi connectivity index (χ0n) is 9.32. The highest BCUT2D eigenvalue weighted by Gasteiger charge is 2.21. The summed E-state index contributed by atoms with van der Waals surface area (Å²) >= 11 is 0. The van der Waals surface area contributed by atoms with Crippen molar-refractivity contribution < 1.29 is 0 Å². The first-order valence-electron chi connectivity index (χ1n) is 5.70. The number of hydrogen-bond donors (Lipinski definition) is 0. The fraction of sp³-hybridized carbons (Fsp3) is 0.909. The van der Waals surface area contributed by atoms with Crippen molar-refractivity contribution in [3.05, 3.63) is 0 Å². The summed E-state index contributed by atoms with van der Waals surface area (Å²) < 4.78 is 0. The molecule has 0 spiro atoms. The predicted molar refractivity (Wildman–Crippen MR) is 59.7 cm³/mol. The van der Waals surface area contributed by atoms with E-state index in [1.54, 1.807) is 0 Å². The smallest absolute Gasteiger partial charge is 0.0854 e. The first kappa shape index (κ1) is 9.97. The second-order valence-corrected chi connectivity index (χ2v) is 4.84. The second kappa shape index (κ2) is 4.30. The molecule has 0 aromatic carbocycles. The molecule has 0 radical (unpaired) electrons. The number of piperidine rings is 1. The van der Waals surface area contributed by atoms with E-state index in [4.69, 9.17) is 0 Å². The normalized spacial score (nSPS) is 34.0. The summed E-state index contributed by atoms with van der Waals surface area (Å²) in [6.45, 7) is 7.06. The van der Waals surface area contributed by atoms with Crippen LogP contribution in [-0.4, -0.2) is 55.4 Å². The zero-order chi connectivity index (χ0) is 9.97. The van der Waals surface area contributed by atoms with Crippen molar-refractivity contribution in [2.45, 2.75) is 25.8 Å². The molecule has 0 aromatic rings. The molecule has 0 aliphatic carbocycles. The van der Waals surface area contributed by atoms with Crippen LogP contribution in [0.3, 0.4) is 0 Å². The third kappa shape index (κ3) is 2.47. The third-order valence-electron chi connectivity index (χ3n) is 3.20. The van der Waals surface area contributed by atoms with Gasteiger partial charge >= 0.3 is 0 Å². The van der Waals surface area contributed by atoms with Crippen molar-refractivity contribution in [2.24, 2.45) is 10.9 Å². The molecule has 0 bridgehead atoms. The summed E-state index contributed by atoms with van der Waals surface area (Å²) in [5.41, 5.74) is 0. The minimum atomic E-state index is 0.510. The molecule has 2 heterocycles. The van der Waals surface area contributed by atoms with Crippen LogP contribution in [0.15, 0.2) is 4.99 Å². The van der Waals surface area contributed by atoms with E-state index in [-0.39, 0.29) is 0 Å². The van der Waals surface area contributed by atoms with Gasteiger partial charge in [-0.15, -0.1) is 0 Å². The molecule has 2 rings (SSSR count). The molecule has 1 fully saturated rings. The van der Waals surface area contributed by atoms with Gasteiger partial charge in [-0.25, -0.2) is 0 Å². The van der Waals surface area contributed by atoms with E-state index in [2.05, 4.69) is 28.8 Å². The van der Waals surface area contributed by atoms with Crippen molar-refractivity contribution in [3.8, 4) is 0 Å². The standard InChI is InChI=1S/C11H21N3/c1-10-6-14(9-12-10)8-11-4-3-5-13(2)7-11/h9-11H,3-8H2,1-2H3/t10?,11-/m0/s1. The van der Waals surface area contributed by atoms with Crippen LogP contribution < -0.4 is 0 Å². The Morgan fingerprint density at radius 1 is 1.43 bits per heavy atom. The summed E-state index contributed by atoms with van der Waals surface area (Å²) in [4.78, 5) is 9.22. The quantitative estimate of drug-likeness (QED) is 0.656. The maximum atomic E-state index is 4.39. The van der Waals surface area contributed by atoms with Gasteiger partial charge in [-0.3, -0.25) is 4.99 Å². The Kier molecular flexibility index (Phi) is 3.06. The first-order valence-corrected chi connectivity index (χ1v) is 5.70. The Bertz CT molecular complexity index is 215. The van der Waals surface area contributed by atoms with Crippen molar-refractivity contribution in [1.82, 2.24) is 9.80 Å². The second-order valence-electron chi connectivity index (χ2n) is 4.84. The molecule has 1 saturated heterocycles. The summed E-state index contributed by atoms with van der Waals surface area (Å²) in [7, 11) is 2.23. The van der Waals surface area contributed by atoms with Gasteiger partial charge in [0.15, 0.2) is 0 Å². The summed E-state index contributed by atoms with van der Waals surface area (Å²) in [6, 6.07) is 0.510. The lowest BCUT2D eigenvalue weighted by molar-refractivity contribution is 0.186. The van der Waals surface area contributed by atoms with Crippen LogP contribution in [0.1, 0.15) is 19.8 Å². The SMILES string of the molecule is CC1CN(C[C@H]2CCCN(C)C2)C=N1. The average Bonchev–Trinajstić information content (AvgIpc) is 2.51. The van der Waals surface area contributed by atoms with Gasteiger partial charge in [-0.2, -0.15) is 0 Å². The molecule has 80 valence electrons. The molecule has 1 unspecified atom stereocenters. The maximum Gasteiger partial charge on any atom is 0.0854 e. The van der Waals surface area contributed by atoms with E-state index in [0.29, 0.717) is 6.04 Å². The zero-order valence-corrected chi connectivity index (χ0v) is 9.32. The molecule has 2 atom stereocenters. The average molecular weight is 195 g/mol. The number of nitrogens with zero attached hydrogens (tertiary/aromatic N) is 3. The number of rotatable bonds is 2. The molecule has 2 aliphatic rings. The fourth-order valence-electron chi connectivity index (χ4n) is 2.52. The number of likely N-dealkylation sites (tertiary alicyclic amines) is 1. The molecular formula is C11H21N3. The fourth-order valence-corrected chi connectivity index (χ4v) is 2.52. The summed E-state index contributed by atoms with van der Waals surface area (Å²) in [6.07, 6.45) is 4.80. The van der Waals surface area contributed by atoms with Crippen LogP contribution in [0.2, 0.25) is 0 Å². The highest BCUT2D eigenvalue weighted by atomic mass is 15.2. The van der Waals surface area contributed by atoms with Crippen molar-refractivity contribution >= 4 is 6.34 Å². The highest BCUT2D eigenvalue weighted by molar-refractivity contribution is 5.57. The summed E-state index contributed by atoms with van der Waals surface area (Å²) in [5.74, 6) is 0.852. The van der Waals surface area contributed by atoms with Gasteiger partial charge in [-0.05, 0) is 39.3 Å². The minimum absolute atomic E-state index is 0.510. The molecule has 2 aliphatic heterocycles. The monoisotopic (exact) mass is 195 g/mol. The minimum Gasteiger partial charge on any atom is -0.360 e. The van der Waals surface area contributed by atoms with Crippen LogP contribution in [0.4, 0.5) is 0 Å². The highest BCUT2D eigenvalue weighted by Crippen LogP contribution is 2.17. The van der Waals surface area contributed by atoms with Crippen molar-refractivity contribution in [1.29, 1.82) is 0 Å². The van der Waals surface area contributed by atoms with Gasteiger partial charge in [0.1, 0.15) is 0 Å². The topological polar surface area (TPSA) is 18.8 Å². The molecule has 0 amide bonds. The van der Waals surface area contributed by atoms with Crippen LogP contribution >= 0.6 is 0 Å². The Balaban J connectivity index is 1.77. The van der Waals surface area contributed by atoms with Gasteiger partial charge in [-0.1, -0.05) is 0 Å². The molecule has 3 heteroatoms. The number of aliphatic imine (C=N–C) groups is 1. The van der Waals surface area contributed by atoms with E-state index >= 15 is 0 Å². The Hall–Kier alpha value is -0.570. The van der Waals surface area contributed by atoms with E-state index in [1.807, 2.05) is 6.34 Å². The van der Waals surface area contributed by atoms with Crippen LogP contribution in [-0.2, 0) is 0 Å². The maximum absolute atomic E-state index is 4.39. The molecule has 0 saturated carbocycles. The predicted octanol–water partition coefficient (Wildman–Crippen LogP) is 1.06. The molecule has 14 heavy (non-hydrogen) atoms. The summed E-state index contributed by atoms with van der Waals surface area (Å²) in [5, 5.41) is 0. The van der Waals surface area contributed by atoms with Gasteiger partial charge in [0.25, 0.3) is 0 Å². The molecule has 3 nitrogen and oxygen atoms in total. The Morgan fingerprint density at radius 3 is 2.93 bits per heavy atom. The van der Waals surface area contributed by atoms with E-state index in [0.717, 1.165) is 12.5 Å². The lowest BCUT2D eigenvalue weighted by Crippen LogP contribution is -2.38. The first-order chi connectivity index (χ1) is 6.74. The molecule has 0 aromatic heterocycles. The van der Waals surface area contributed by atoms with Crippen molar-refractivity contribution in [2.75, 3.05) is 33.2 Å². The Morgan fingerprint density at radius 2 is 2.29 bits per heavy atom. The number of hydrogen-bond acceptors (Lipinski definition) is 3.